The molecule has 0 aromatic heterocycles. The molecule has 0 amide bonds. The summed E-state index contributed by atoms with van der Waals surface area (Å²) < 4.78 is 52.9. The zero-order valence-electron chi connectivity index (χ0n) is 21.5. The van der Waals surface area contributed by atoms with E-state index in [0.717, 1.165) is 0 Å². The van der Waals surface area contributed by atoms with Crippen LogP contribution in [0.1, 0.15) is 20.8 Å². The second-order valence-electron chi connectivity index (χ2n) is 7.92. The van der Waals surface area contributed by atoms with Crippen LogP contribution in [-0.2, 0) is 52.2 Å². The Bertz CT molecular complexity index is 430. The smallest absolute Gasteiger partial charge is 0.332 e. The molecule has 0 saturated carbocycles. The van der Waals surface area contributed by atoms with Gasteiger partial charge >= 0.3 is 5.97 Å². The van der Waals surface area contributed by atoms with Gasteiger partial charge in [-0.3, -0.25) is 0 Å². The second-order valence-corrected chi connectivity index (χ2v) is 7.92. The third kappa shape index (κ3) is 29.1. The van der Waals surface area contributed by atoms with Gasteiger partial charge in [-0.25, -0.2) is 4.79 Å². The lowest BCUT2D eigenvalue weighted by Crippen LogP contribution is -2.27. The number of ether oxygens (including phenoxy) is 10. The Kier molecular flexibility index (Phi) is 24.6. The van der Waals surface area contributed by atoms with E-state index in [0.29, 0.717) is 106 Å². The molecule has 0 saturated heterocycles. The molecule has 0 aliphatic carbocycles. The van der Waals surface area contributed by atoms with Crippen molar-refractivity contribution in [2.24, 2.45) is 0 Å². The lowest BCUT2D eigenvalue weighted by Gasteiger charge is -2.19. The number of carbonyl (C=O) groups excluding carboxylic acids is 1. The molecule has 0 bridgehead atoms. The van der Waals surface area contributed by atoms with Gasteiger partial charge in [0.2, 0.25) is 0 Å². The molecule has 0 unspecified atom stereocenters. The zero-order chi connectivity index (χ0) is 25.2. The molecule has 0 radical (unpaired) electrons. The van der Waals surface area contributed by atoms with E-state index in [9.17, 15) is 4.79 Å². The molecule has 11 nitrogen and oxygen atoms in total. The van der Waals surface area contributed by atoms with E-state index in [4.69, 9.17) is 47.4 Å². The van der Waals surface area contributed by atoms with Gasteiger partial charge in [-0.2, -0.15) is 0 Å². The lowest BCUT2D eigenvalue weighted by atomic mass is 10.2. The Morgan fingerprint density at radius 1 is 0.471 bits per heavy atom. The second kappa shape index (κ2) is 25.2. The van der Waals surface area contributed by atoms with Gasteiger partial charge in [0, 0.05) is 7.11 Å². The predicted molar refractivity (Wildman–Crippen MR) is 124 cm³/mol. The quantitative estimate of drug-likeness (QED) is 0.126. The Labute approximate surface area is 204 Å². The van der Waals surface area contributed by atoms with Crippen LogP contribution in [0.5, 0.6) is 0 Å². The van der Waals surface area contributed by atoms with Crippen molar-refractivity contribution >= 4 is 5.97 Å². The Morgan fingerprint density at radius 2 is 0.735 bits per heavy atom. The number of methoxy groups -OCH3 is 1. The first kappa shape index (κ1) is 33.1. The summed E-state index contributed by atoms with van der Waals surface area (Å²) in [6.07, 6.45) is 0. The number of carbonyl (C=O) groups is 1. The summed E-state index contributed by atoms with van der Waals surface area (Å²) in [5.74, 6) is -0.382. The third-order valence-corrected chi connectivity index (χ3v) is 3.68. The van der Waals surface area contributed by atoms with E-state index in [1.165, 1.54) is 0 Å². The molecule has 0 aliphatic rings. The highest BCUT2D eigenvalue weighted by molar-refractivity contribution is 5.71. The minimum absolute atomic E-state index is 0.0767. The van der Waals surface area contributed by atoms with Crippen LogP contribution in [-0.4, -0.2) is 131 Å². The van der Waals surface area contributed by atoms with E-state index in [2.05, 4.69) is 0 Å². The first-order valence-corrected chi connectivity index (χ1v) is 11.8. The first-order valence-electron chi connectivity index (χ1n) is 11.8. The number of rotatable bonds is 26. The number of esters is 1. The molecule has 34 heavy (non-hydrogen) atoms. The topological polar surface area (TPSA) is 109 Å². The van der Waals surface area contributed by atoms with Crippen LogP contribution in [0.25, 0.3) is 0 Å². The molecule has 0 N–H and O–H groups in total. The Morgan fingerprint density at radius 3 is 1.00 bits per heavy atom. The molecule has 0 spiro atoms. The third-order valence-electron chi connectivity index (χ3n) is 3.68. The minimum Gasteiger partial charge on any atom is -0.458 e. The summed E-state index contributed by atoms with van der Waals surface area (Å²) in [4.78, 5) is 11.4. The molecule has 0 aromatic carbocycles. The summed E-state index contributed by atoms with van der Waals surface area (Å²) in [5, 5.41) is 0. The summed E-state index contributed by atoms with van der Waals surface area (Å²) in [6.45, 7) is 13.3. The fourth-order valence-electron chi connectivity index (χ4n) is 2.21. The average molecular weight is 499 g/mol. The van der Waals surface area contributed by atoms with Crippen LogP contribution >= 0.6 is 0 Å². The van der Waals surface area contributed by atoms with Crippen molar-refractivity contribution in [1.82, 2.24) is 0 Å². The minimum atomic E-state index is -0.503. The van der Waals surface area contributed by atoms with Crippen molar-refractivity contribution < 1.29 is 52.2 Å². The summed E-state index contributed by atoms with van der Waals surface area (Å²) in [6, 6.07) is 0. The molecule has 204 valence electrons. The van der Waals surface area contributed by atoms with Gasteiger partial charge in [-0.1, -0.05) is 0 Å². The van der Waals surface area contributed by atoms with Crippen molar-refractivity contribution in [3.63, 3.8) is 0 Å². The fourth-order valence-corrected chi connectivity index (χ4v) is 2.21. The van der Waals surface area contributed by atoms with Crippen molar-refractivity contribution in [2.75, 3.05) is 119 Å². The van der Waals surface area contributed by atoms with E-state index in [1.54, 1.807) is 7.11 Å². The van der Waals surface area contributed by atoms with Gasteiger partial charge in [0.1, 0.15) is 12.2 Å². The summed E-state index contributed by atoms with van der Waals surface area (Å²) >= 11 is 0. The first-order chi connectivity index (χ1) is 16.5. The van der Waals surface area contributed by atoms with Gasteiger partial charge in [0.05, 0.1) is 106 Å². The lowest BCUT2D eigenvalue weighted by molar-refractivity contribution is -0.160. The average Bonchev–Trinajstić information content (AvgIpc) is 2.78. The molecule has 0 rings (SSSR count). The molecule has 0 aliphatic heterocycles. The molecular formula is C23H46O11. The Balaban J connectivity index is 3.10. The number of hydrogen-bond donors (Lipinski definition) is 0. The molecular weight excluding hydrogens is 452 g/mol. The normalized spacial score (nSPS) is 11.8. The van der Waals surface area contributed by atoms with E-state index in [1.807, 2.05) is 20.8 Å². The van der Waals surface area contributed by atoms with Gasteiger partial charge in [0.15, 0.2) is 0 Å². The zero-order valence-corrected chi connectivity index (χ0v) is 21.5. The van der Waals surface area contributed by atoms with Crippen molar-refractivity contribution in [3.8, 4) is 0 Å². The van der Waals surface area contributed by atoms with Crippen LogP contribution in [0.2, 0.25) is 0 Å². The molecule has 11 heteroatoms. The highest BCUT2D eigenvalue weighted by Gasteiger charge is 2.15. The van der Waals surface area contributed by atoms with Gasteiger partial charge in [0.25, 0.3) is 0 Å². The molecule has 0 atom stereocenters. The van der Waals surface area contributed by atoms with E-state index >= 15 is 0 Å². The molecule has 0 aromatic rings. The monoisotopic (exact) mass is 498 g/mol. The van der Waals surface area contributed by atoms with E-state index < -0.39 is 5.60 Å². The number of hydrogen-bond acceptors (Lipinski definition) is 11. The van der Waals surface area contributed by atoms with Gasteiger partial charge < -0.3 is 47.4 Å². The maximum Gasteiger partial charge on any atom is 0.332 e. The van der Waals surface area contributed by atoms with Crippen LogP contribution < -0.4 is 0 Å². The van der Waals surface area contributed by atoms with Crippen molar-refractivity contribution in [3.05, 3.63) is 0 Å². The van der Waals surface area contributed by atoms with Gasteiger partial charge in [-0.15, -0.1) is 0 Å². The Hall–Kier alpha value is -0.890. The van der Waals surface area contributed by atoms with Crippen LogP contribution in [0.15, 0.2) is 0 Å². The van der Waals surface area contributed by atoms with Crippen LogP contribution in [0.3, 0.4) is 0 Å². The molecule has 0 fully saturated rings. The summed E-state index contributed by atoms with van der Waals surface area (Å²) in [7, 11) is 1.64. The van der Waals surface area contributed by atoms with Crippen molar-refractivity contribution in [1.29, 1.82) is 0 Å². The fraction of sp³-hybridized carbons (Fsp3) is 0.957. The van der Waals surface area contributed by atoms with Crippen LogP contribution in [0.4, 0.5) is 0 Å². The highest BCUT2D eigenvalue weighted by Crippen LogP contribution is 2.06. The van der Waals surface area contributed by atoms with Gasteiger partial charge in [-0.05, 0) is 20.8 Å². The molecule has 0 heterocycles. The largest absolute Gasteiger partial charge is 0.458 e. The van der Waals surface area contributed by atoms with Crippen LogP contribution in [0, 0.1) is 0 Å². The van der Waals surface area contributed by atoms with E-state index in [-0.39, 0.29) is 12.6 Å². The van der Waals surface area contributed by atoms with Crippen molar-refractivity contribution in [2.45, 2.75) is 26.4 Å². The highest BCUT2D eigenvalue weighted by atomic mass is 16.6. The summed E-state index contributed by atoms with van der Waals surface area (Å²) in [5.41, 5.74) is -0.503. The standard InChI is InChI=1S/C23H46O11/c1-23(2,3)34-22(24)21-33-20-19-32-18-17-31-16-15-30-14-13-29-12-11-28-10-9-27-8-7-26-6-5-25-4/h5-21H2,1-4H3. The maximum atomic E-state index is 11.4. The predicted octanol–water partition coefficient (Wildman–Crippen LogP) is 1.11. The maximum absolute atomic E-state index is 11.4. The SMILES string of the molecule is COCCOCCOCCOCCOCCOCCOCCOCCOCC(=O)OC(C)(C)C.